The zero-order valence-electron chi connectivity index (χ0n) is 21.7. The summed E-state index contributed by atoms with van der Waals surface area (Å²) in [4.78, 5) is 12.7. The summed E-state index contributed by atoms with van der Waals surface area (Å²) in [6.07, 6.45) is -3.35. The van der Waals surface area contributed by atoms with E-state index in [0.29, 0.717) is 31.7 Å². The van der Waals surface area contributed by atoms with Crippen LogP contribution in [0.15, 0.2) is 88.9 Å². The Bertz CT molecular complexity index is 1720. The number of rotatable bonds is 8. The van der Waals surface area contributed by atoms with Crippen LogP contribution in [0.1, 0.15) is 22.5 Å². The molecule has 0 radical (unpaired) electrons. The van der Waals surface area contributed by atoms with E-state index in [2.05, 4.69) is 10.5 Å². The lowest BCUT2D eigenvalue weighted by Crippen LogP contribution is -2.39. The number of hydrogen-bond donors (Lipinski definition) is 1. The molecule has 3 aromatic carbocycles. The summed E-state index contributed by atoms with van der Waals surface area (Å²) in [5.41, 5.74) is 3.71. The number of alkyl halides is 3. The van der Waals surface area contributed by atoms with E-state index in [1.165, 1.54) is 36.5 Å². The van der Waals surface area contributed by atoms with Crippen LogP contribution in [0.3, 0.4) is 0 Å². The SMILES string of the molecule is Cc1cc(/C=N\NC(=O)CN(c2cccc(C(F)(F)F)c2)S(=O)(=O)c2ccccc2)c(C)n1-c1cc(Cl)ccc1Cl. The molecule has 41 heavy (non-hydrogen) atoms. The third-order valence-electron chi connectivity index (χ3n) is 6.09. The smallest absolute Gasteiger partial charge is 0.316 e. The van der Waals surface area contributed by atoms with Crippen molar-refractivity contribution in [3.63, 3.8) is 0 Å². The van der Waals surface area contributed by atoms with E-state index in [-0.39, 0.29) is 10.6 Å². The van der Waals surface area contributed by atoms with Crippen LogP contribution in [0.2, 0.25) is 10.0 Å². The van der Waals surface area contributed by atoms with E-state index in [0.717, 1.165) is 23.5 Å². The molecule has 0 saturated carbocycles. The van der Waals surface area contributed by atoms with Gasteiger partial charge in [0, 0.05) is 22.0 Å². The zero-order chi connectivity index (χ0) is 29.9. The summed E-state index contributed by atoms with van der Waals surface area (Å²) < 4.78 is 69.4. The minimum absolute atomic E-state index is 0.194. The Kier molecular flexibility index (Phi) is 8.81. The molecule has 13 heteroatoms. The van der Waals surface area contributed by atoms with Crippen molar-refractivity contribution in [3.8, 4) is 5.69 Å². The lowest BCUT2D eigenvalue weighted by molar-refractivity contribution is -0.137. The first-order valence-corrected chi connectivity index (χ1v) is 14.2. The van der Waals surface area contributed by atoms with E-state index in [1.54, 1.807) is 30.3 Å². The predicted molar refractivity (Wildman–Crippen MR) is 153 cm³/mol. The number of carbonyl (C=O) groups is 1. The maximum Gasteiger partial charge on any atom is 0.416 e. The fourth-order valence-electron chi connectivity index (χ4n) is 4.16. The number of anilines is 1. The maximum atomic E-state index is 13.4. The molecule has 4 rings (SSSR count). The monoisotopic (exact) mass is 622 g/mol. The summed E-state index contributed by atoms with van der Waals surface area (Å²) in [5, 5.41) is 4.92. The van der Waals surface area contributed by atoms with Crippen molar-refractivity contribution < 1.29 is 26.4 Å². The summed E-state index contributed by atoms with van der Waals surface area (Å²) >= 11 is 12.5. The lowest BCUT2D eigenvalue weighted by Gasteiger charge is -2.24. The van der Waals surface area contributed by atoms with Gasteiger partial charge in [-0.1, -0.05) is 47.5 Å². The van der Waals surface area contributed by atoms with Crippen molar-refractivity contribution in [1.29, 1.82) is 0 Å². The fraction of sp³-hybridized carbons (Fsp3) is 0.143. The van der Waals surface area contributed by atoms with Crippen LogP contribution in [-0.2, 0) is 21.0 Å². The van der Waals surface area contributed by atoms with Gasteiger partial charge in [-0.2, -0.15) is 18.3 Å². The maximum absolute atomic E-state index is 13.4. The van der Waals surface area contributed by atoms with Gasteiger partial charge in [0.2, 0.25) is 0 Å². The third-order valence-corrected chi connectivity index (χ3v) is 8.43. The van der Waals surface area contributed by atoms with Crippen LogP contribution in [0.4, 0.5) is 18.9 Å². The van der Waals surface area contributed by atoms with Crippen LogP contribution in [0, 0.1) is 13.8 Å². The molecule has 0 atom stereocenters. The number of amides is 1. The van der Waals surface area contributed by atoms with Gasteiger partial charge in [0.25, 0.3) is 15.9 Å². The molecule has 0 fully saturated rings. The minimum Gasteiger partial charge on any atom is -0.316 e. The first kappa shape index (κ1) is 30.2. The van der Waals surface area contributed by atoms with Crippen LogP contribution in [-0.4, -0.2) is 31.7 Å². The molecule has 0 spiro atoms. The molecule has 1 heterocycles. The number of halogens is 5. The van der Waals surface area contributed by atoms with Gasteiger partial charge in [0.15, 0.2) is 0 Å². The number of carbonyl (C=O) groups excluding carboxylic acids is 1. The molecule has 1 amide bonds. The number of hydrogen-bond acceptors (Lipinski definition) is 4. The number of hydrazone groups is 1. The van der Waals surface area contributed by atoms with Crippen molar-refractivity contribution in [2.45, 2.75) is 24.9 Å². The van der Waals surface area contributed by atoms with Gasteiger partial charge < -0.3 is 4.57 Å². The second kappa shape index (κ2) is 12.0. The molecular weight excluding hydrogens is 600 g/mol. The minimum atomic E-state index is -4.72. The third kappa shape index (κ3) is 6.75. The topological polar surface area (TPSA) is 83.8 Å². The molecule has 4 aromatic rings. The van der Waals surface area contributed by atoms with Crippen molar-refractivity contribution in [2.24, 2.45) is 5.10 Å². The molecule has 1 aromatic heterocycles. The van der Waals surface area contributed by atoms with Crippen molar-refractivity contribution in [2.75, 3.05) is 10.8 Å². The average molecular weight is 623 g/mol. The molecule has 0 bridgehead atoms. The van der Waals surface area contributed by atoms with E-state index in [4.69, 9.17) is 23.2 Å². The number of sulfonamides is 1. The summed E-state index contributed by atoms with van der Waals surface area (Å²) in [6.45, 7) is 2.84. The molecule has 1 N–H and O–H groups in total. The number of aromatic nitrogens is 1. The highest BCUT2D eigenvalue weighted by molar-refractivity contribution is 7.92. The van der Waals surface area contributed by atoms with Crippen LogP contribution < -0.4 is 9.73 Å². The van der Waals surface area contributed by atoms with Gasteiger partial charge >= 0.3 is 6.18 Å². The second-order valence-corrected chi connectivity index (χ2v) is 11.6. The summed E-state index contributed by atoms with van der Waals surface area (Å²) in [5.74, 6) is -0.870. The van der Waals surface area contributed by atoms with Gasteiger partial charge in [0.05, 0.1) is 33.1 Å². The second-order valence-electron chi connectivity index (χ2n) is 8.92. The molecule has 214 valence electrons. The fourth-order valence-corrected chi connectivity index (χ4v) is 5.96. The molecule has 0 aliphatic heterocycles. The van der Waals surface area contributed by atoms with E-state index in [1.807, 2.05) is 18.4 Å². The largest absolute Gasteiger partial charge is 0.416 e. The first-order valence-electron chi connectivity index (χ1n) is 12.0. The van der Waals surface area contributed by atoms with Gasteiger partial charge in [-0.15, -0.1) is 0 Å². The highest BCUT2D eigenvalue weighted by Crippen LogP contribution is 2.33. The highest BCUT2D eigenvalue weighted by Gasteiger charge is 2.33. The lowest BCUT2D eigenvalue weighted by atomic mass is 10.2. The van der Waals surface area contributed by atoms with Crippen LogP contribution in [0.25, 0.3) is 5.69 Å². The number of nitrogens with zero attached hydrogens (tertiary/aromatic N) is 3. The Morgan fingerprint density at radius 3 is 2.39 bits per heavy atom. The van der Waals surface area contributed by atoms with Crippen molar-refractivity contribution in [3.05, 3.63) is 111 Å². The average Bonchev–Trinajstić information content (AvgIpc) is 3.21. The molecule has 0 aliphatic rings. The van der Waals surface area contributed by atoms with Gasteiger partial charge in [-0.25, -0.2) is 13.8 Å². The number of benzene rings is 3. The van der Waals surface area contributed by atoms with Crippen molar-refractivity contribution in [1.82, 2.24) is 9.99 Å². The molecule has 0 saturated heterocycles. The van der Waals surface area contributed by atoms with Gasteiger partial charge in [-0.3, -0.25) is 9.10 Å². The molecular formula is C28H23Cl2F3N4O3S. The Labute approximate surface area is 244 Å². The normalized spacial score (nSPS) is 12.1. The van der Waals surface area contributed by atoms with Crippen LogP contribution in [0.5, 0.6) is 0 Å². The van der Waals surface area contributed by atoms with E-state index >= 15 is 0 Å². The highest BCUT2D eigenvalue weighted by atomic mass is 35.5. The number of aryl methyl sites for hydroxylation is 1. The van der Waals surface area contributed by atoms with Gasteiger partial charge in [-0.05, 0) is 68.4 Å². The summed E-state index contributed by atoms with van der Waals surface area (Å²) in [6, 6.07) is 17.7. The Balaban J connectivity index is 1.60. The van der Waals surface area contributed by atoms with E-state index < -0.39 is 34.2 Å². The predicted octanol–water partition coefficient (Wildman–Crippen LogP) is 6.77. The Hall–Kier alpha value is -3.80. The quantitative estimate of drug-likeness (QED) is 0.174. The first-order chi connectivity index (χ1) is 19.3. The summed E-state index contributed by atoms with van der Waals surface area (Å²) in [7, 11) is -4.41. The zero-order valence-corrected chi connectivity index (χ0v) is 24.0. The molecule has 0 aliphatic carbocycles. The Morgan fingerprint density at radius 1 is 1.00 bits per heavy atom. The van der Waals surface area contributed by atoms with Crippen LogP contribution >= 0.6 is 23.2 Å². The molecule has 7 nitrogen and oxygen atoms in total. The van der Waals surface area contributed by atoms with Crippen molar-refractivity contribution >= 4 is 51.0 Å². The van der Waals surface area contributed by atoms with Gasteiger partial charge in [0.1, 0.15) is 6.54 Å². The number of nitrogens with one attached hydrogen (secondary N) is 1. The standard InChI is InChI=1S/C28H23Cl2F3N4O3S/c1-18-13-20(19(2)37(18)26-15-22(29)11-12-25(26)30)16-34-35-27(38)17-36(41(39,40)24-9-4-3-5-10-24)23-8-6-7-21(14-23)28(31,32)33/h3-16H,17H2,1-2H3,(H,35,38)/b34-16-. The van der Waals surface area contributed by atoms with E-state index in [9.17, 15) is 26.4 Å². The Morgan fingerprint density at radius 2 is 1.71 bits per heavy atom. The molecule has 0 unspecified atom stereocenters.